The van der Waals surface area contributed by atoms with Crippen molar-refractivity contribution >= 4 is 38.8 Å². The maximum absolute atomic E-state index is 12.8. The van der Waals surface area contributed by atoms with Crippen molar-refractivity contribution in [2.24, 2.45) is 0 Å². The number of thiocarbonyl (C=S) groups is 1. The number of hydrogen-bond acceptors (Lipinski definition) is 7. The van der Waals surface area contributed by atoms with Gasteiger partial charge in [-0.2, -0.15) is 0 Å². The van der Waals surface area contributed by atoms with E-state index in [1.54, 1.807) is 32.0 Å². The zero-order valence-electron chi connectivity index (χ0n) is 21.0. The molecule has 0 aliphatic heterocycles. The van der Waals surface area contributed by atoms with E-state index >= 15 is 0 Å². The van der Waals surface area contributed by atoms with Crippen molar-refractivity contribution < 1.29 is 17.9 Å². The van der Waals surface area contributed by atoms with Gasteiger partial charge >= 0.3 is 0 Å². The molecule has 10 heteroatoms. The van der Waals surface area contributed by atoms with Crippen LogP contribution in [0.15, 0.2) is 59.5 Å². The maximum atomic E-state index is 12.8. The summed E-state index contributed by atoms with van der Waals surface area (Å²) in [5, 5.41) is 5.48. The zero-order chi connectivity index (χ0) is 26.5. The lowest BCUT2D eigenvalue weighted by molar-refractivity contribution is -0.121. The lowest BCUT2D eigenvalue weighted by Gasteiger charge is -2.19. The summed E-state index contributed by atoms with van der Waals surface area (Å²) in [6.07, 6.45) is 0. The van der Waals surface area contributed by atoms with Gasteiger partial charge < -0.3 is 10.1 Å². The third kappa shape index (κ3) is 7.82. The summed E-state index contributed by atoms with van der Waals surface area (Å²) in [4.78, 5) is 20.7. The summed E-state index contributed by atoms with van der Waals surface area (Å²) >= 11 is 5.19. The van der Waals surface area contributed by atoms with Gasteiger partial charge in [0.05, 0.1) is 4.90 Å². The second-order valence-electron chi connectivity index (χ2n) is 9.42. The van der Waals surface area contributed by atoms with Gasteiger partial charge in [-0.15, -0.1) is 0 Å². The van der Waals surface area contributed by atoms with Crippen LogP contribution >= 0.6 is 12.2 Å². The minimum absolute atomic E-state index is 0.0325. The number of anilines is 1. The van der Waals surface area contributed by atoms with E-state index in [-0.39, 0.29) is 33.6 Å². The number of nitrogens with zero attached hydrogens (tertiary/aromatic N) is 2. The fourth-order valence-corrected chi connectivity index (χ4v) is 4.81. The van der Waals surface area contributed by atoms with E-state index in [0.717, 1.165) is 0 Å². The molecule has 0 aliphatic rings. The molecule has 3 rings (SSSR count). The Morgan fingerprint density at radius 1 is 0.972 bits per heavy atom. The topological polar surface area (TPSA) is 110 Å². The third-order valence-corrected chi connectivity index (χ3v) is 6.99. The van der Waals surface area contributed by atoms with Crippen LogP contribution in [0.25, 0.3) is 0 Å². The van der Waals surface area contributed by atoms with Gasteiger partial charge in [0.2, 0.25) is 0 Å². The highest BCUT2D eigenvalue weighted by molar-refractivity contribution is 7.90. The Labute approximate surface area is 217 Å². The van der Waals surface area contributed by atoms with Crippen LogP contribution in [0.5, 0.6) is 5.75 Å². The minimum Gasteiger partial charge on any atom is -0.484 e. The first-order valence-electron chi connectivity index (χ1n) is 11.3. The Balaban J connectivity index is 1.51. The van der Waals surface area contributed by atoms with Crippen molar-refractivity contribution in [1.29, 1.82) is 0 Å². The smallest absolute Gasteiger partial charge is 0.264 e. The number of rotatable bonds is 7. The number of amides is 1. The molecule has 2 aromatic carbocycles. The standard InChI is InChI=1S/C26H30N4O4S2/c1-17-14-18(2)28-23(27-17)16-36(32,33)22-12-8-20(9-13-22)29-25(35)30-24(31)15-34-21-10-6-19(7-11-21)26(3,4)5/h6-14H,15-16H2,1-5H3,(H2,29,30,31,35). The van der Waals surface area contributed by atoms with Crippen LogP contribution < -0.4 is 15.4 Å². The molecule has 0 fully saturated rings. The van der Waals surface area contributed by atoms with Crippen LogP contribution in [0.2, 0.25) is 0 Å². The molecule has 2 N–H and O–H groups in total. The summed E-state index contributed by atoms with van der Waals surface area (Å²) in [6, 6.07) is 15.5. The first-order valence-corrected chi connectivity index (χ1v) is 13.4. The van der Waals surface area contributed by atoms with Crippen LogP contribution in [0.4, 0.5) is 5.69 Å². The highest BCUT2D eigenvalue weighted by Gasteiger charge is 2.18. The molecule has 0 radical (unpaired) electrons. The summed E-state index contributed by atoms with van der Waals surface area (Å²) in [5.41, 5.74) is 3.16. The van der Waals surface area contributed by atoms with E-state index in [9.17, 15) is 13.2 Å². The molecule has 36 heavy (non-hydrogen) atoms. The van der Waals surface area contributed by atoms with E-state index in [4.69, 9.17) is 17.0 Å². The van der Waals surface area contributed by atoms with Gasteiger partial charge in [-0.25, -0.2) is 18.4 Å². The van der Waals surface area contributed by atoms with Gasteiger partial charge in [0.1, 0.15) is 17.3 Å². The Morgan fingerprint density at radius 3 is 2.11 bits per heavy atom. The number of nitrogens with one attached hydrogen (secondary N) is 2. The van der Waals surface area contributed by atoms with Gasteiger partial charge in [-0.3, -0.25) is 10.1 Å². The van der Waals surface area contributed by atoms with Crippen LogP contribution in [-0.4, -0.2) is 36.0 Å². The highest BCUT2D eigenvalue weighted by Crippen LogP contribution is 2.24. The number of aryl methyl sites for hydroxylation is 2. The number of carbonyl (C=O) groups is 1. The average Bonchev–Trinajstić information content (AvgIpc) is 2.76. The molecule has 0 atom stereocenters. The van der Waals surface area contributed by atoms with Gasteiger partial charge in [0.25, 0.3) is 5.91 Å². The molecule has 3 aromatic rings. The van der Waals surface area contributed by atoms with Gasteiger partial charge in [-0.1, -0.05) is 32.9 Å². The first kappa shape index (κ1) is 27.2. The van der Waals surface area contributed by atoms with Crippen molar-refractivity contribution in [2.75, 3.05) is 11.9 Å². The van der Waals surface area contributed by atoms with Crippen molar-refractivity contribution in [1.82, 2.24) is 15.3 Å². The quantitative estimate of drug-likeness (QED) is 0.440. The van der Waals surface area contributed by atoms with Crippen LogP contribution in [0, 0.1) is 13.8 Å². The second kappa shape index (κ2) is 11.1. The van der Waals surface area contributed by atoms with Crippen LogP contribution in [-0.2, 0) is 25.8 Å². The van der Waals surface area contributed by atoms with E-state index in [1.165, 1.54) is 17.7 Å². The fraction of sp³-hybridized carbons (Fsp3) is 0.308. The molecule has 0 aliphatic carbocycles. The number of ether oxygens (including phenoxy) is 1. The van der Waals surface area contributed by atoms with Gasteiger partial charge in [-0.05, 0) is 79.5 Å². The Bertz CT molecular complexity index is 1330. The number of carbonyl (C=O) groups excluding carboxylic acids is 1. The van der Waals surface area contributed by atoms with Crippen molar-refractivity contribution in [3.05, 3.63) is 77.4 Å². The predicted octanol–water partition coefficient (Wildman–Crippen LogP) is 4.26. The third-order valence-electron chi connectivity index (χ3n) is 5.16. The van der Waals surface area contributed by atoms with E-state index < -0.39 is 15.7 Å². The molecular formula is C26H30N4O4S2. The molecule has 0 saturated carbocycles. The van der Waals surface area contributed by atoms with Crippen molar-refractivity contribution in [2.45, 2.75) is 50.7 Å². The lowest BCUT2D eigenvalue weighted by atomic mass is 9.87. The normalized spacial score (nSPS) is 11.6. The number of hydrogen-bond donors (Lipinski definition) is 2. The zero-order valence-corrected chi connectivity index (χ0v) is 22.6. The molecular weight excluding hydrogens is 496 g/mol. The first-order chi connectivity index (χ1) is 16.8. The summed E-state index contributed by atoms with van der Waals surface area (Å²) in [7, 11) is -3.63. The molecule has 0 saturated heterocycles. The molecule has 1 heterocycles. The van der Waals surface area contributed by atoms with Gasteiger partial charge in [0, 0.05) is 17.1 Å². The number of aromatic nitrogens is 2. The molecule has 8 nitrogen and oxygen atoms in total. The second-order valence-corrected chi connectivity index (χ2v) is 11.8. The molecule has 0 bridgehead atoms. The van der Waals surface area contributed by atoms with Crippen LogP contribution in [0.1, 0.15) is 43.5 Å². The van der Waals surface area contributed by atoms with E-state index in [2.05, 4.69) is 41.4 Å². The summed E-state index contributed by atoms with van der Waals surface area (Å²) < 4.78 is 31.1. The summed E-state index contributed by atoms with van der Waals surface area (Å²) in [5.74, 6) is 0.126. The lowest BCUT2D eigenvalue weighted by Crippen LogP contribution is -2.37. The maximum Gasteiger partial charge on any atom is 0.264 e. The van der Waals surface area contributed by atoms with Crippen molar-refractivity contribution in [3.8, 4) is 5.75 Å². The van der Waals surface area contributed by atoms with Crippen molar-refractivity contribution in [3.63, 3.8) is 0 Å². The highest BCUT2D eigenvalue weighted by atomic mass is 32.2. The monoisotopic (exact) mass is 526 g/mol. The fourth-order valence-electron chi connectivity index (χ4n) is 3.39. The largest absolute Gasteiger partial charge is 0.484 e. The molecule has 0 spiro atoms. The Morgan fingerprint density at radius 2 is 1.56 bits per heavy atom. The number of benzene rings is 2. The van der Waals surface area contributed by atoms with E-state index in [0.29, 0.717) is 22.8 Å². The minimum atomic E-state index is -3.63. The summed E-state index contributed by atoms with van der Waals surface area (Å²) in [6.45, 7) is 9.76. The Kier molecular flexibility index (Phi) is 8.42. The van der Waals surface area contributed by atoms with Gasteiger partial charge in [0.15, 0.2) is 21.6 Å². The van der Waals surface area contributed by atoms with E-state index in [1.807, 2.05) is 24.3 Å². The molecule has 1 amide bonds. The Hall–Kier alpha value is -3.37. The average molecular weight is 527 g/mol. The molecule has 1 aromatic heterocycles. The molecule has 0 unspecified atom stereocenters. The van der Waals surface area contributed by atoms with Crippen LogP contribution in [0.3, 0.4) is 0 Å². The number of sulfone groups is 1. The predicted molar refractivity (Wildman–Crippen MR) is 144 cm³/mol. The SMILES string of the molecule is Cc1cc(C)nc(CS(=O)(=O)c2ccc(NC(=S)NC(=O)COc3ccc(C(C)(C)C)cc3)cc2)n1. The molecule has 190 valence electrons.